The van der Waals surface area contributed by atoms with Crippen LogP contribution in [0.4, 0.5) is 5.82 Å². The van der Waals surface area contributed by atoms with Crippen LogP contribution in [-0.2, 0) is 6.54 Å². The first-order valence-corrected chi connectivity index (χ1v) is 6.66. The normalized spacial score (nSPS) is 10.8. The van der Waals surface area contributed by atoms with Crippen molar-refractivity contribution in [1.82, 2.24) is 15.1 Å². The monoisotopic (exact) mass is 312 g/mol. The number of rotatable bonds is 4. The summed E-state index contributed by atoms with van der Waals surface area (Å²) >= 11 is 11.7. The number of halogens is 2. The lowest BCUT2D eigenvalue weighted by molar-refractivity contribution is 0.102. The Balaban J connectivity index is 2.09. The molecule has 20 heavy (non-hydrogen) atoms. The van der Waals surface area contributed by atoms with E-state index in [2.05, 4.69) is 15.5 Å². The summed E-state index contributed by atoms with van der Waals surface area (Å²) in [6.45, 7) is 0.714. The molecule has 0 saturated carbocycles. The lowest BCUT2D eigenvalue weighted by Crippen LogP contribution is -2.12. The van der Waals surface area contributed by atoms with Crippen molar-refractivity contribution in [3.63, 3.8) is 0 Å². The number of carbonyl (C=O) groups is 1. The number of anilines is 1. The molecule has 7 heteroatoms. The van der Waals surface area contributed by atoms with Crippen molar-refractivity contribution < 1.29 is 4.79 Å². The van der Waals surface area contributed by atoms with E-state index < -0.39 is 0 Å². The third-order valence-corrected chi connectivity index (χ3v) is 2.92. The van der Waals surface area contributed by atoms with E-state index in [-0.39, 0.29) is 5.91 Å². The first kappa shape index (κ1) is 14.8. The molecule has 2 N–H and O–H groups in total. The molecule has 0 aliphatic carbocycles. The molecule has 0 bridgehead atoms. The highest BCUT2D eigenvalue weighted by Gasteiger charge is 2.10. The van der Waals surface area contributed by atoms with Crippen LogP contribution in [0.15, 0.2) is 24.3 Å². The van der Waals surface area contributed by atoms with E-state index in [0.717, 1.165) is 5.69 Å². The second kappa shape index (κ2) is 6.26. The summed E-state index contributed by atoms with van der Waals surface area (Å²) in [6, 6.07) is 6.46. The summed E-state index contributed by atoms with van der Waals surface area (Å²) in [5, 5.41) is 10.4. The molecule has 1 amide bonds. The largest absolute Gasteiger partial charge is 0.305 e. The van der Waals surface area contributed by atoms with Gasteiger partial charge in [0.1, 0.15) is 0 Å². The fraction of sp³-hybridized carbons (Fsp3) is 0.231. The molecular formula is C13H14Cl2N4O. The molecule has 0 fully saturated rings. The Bertz CT molecular complexity index is 604. The second-order valence-corrected chi connectivity index (χ2v) is 5.50. The zero-order valence-corrected chi connectivity index (χ0v) is 12.6. The summed E-state index contributed by atoms with van der Waals surface area (Å²) < 4.78 is 0. The van der Waals surface area contributed by atoms with E-state index in [0.29, 0.717) is 28.0 Å². The molecule has 5 nitrogen and oxygen atoms in total. The van der Waals surface area contributed by atoms with Crippen LogP contribution in [0.1, 0.15) is 16.1 Å². The Hall–Kier alpha value is -1.56. The highest BCUT2D eigenvalue weighted by Crippen LogP contribution is 2.20. The van der Waals surface area contributed by atoms with Gasteiger partial charge in [-0.3, -0.25) is 9.89 Å². The number of carbonyl (C=O) groups excluding carboxylic acids is 1. The number of nitrogens with one attached hydrogen (secondary N) is 2. The average Bonchev–Trinajstić information content (AvgIpc) is 2.74. The molecule has 0 saturated heterocycles. The minimum absolute atomic E-state index is 0.308. The van der Waals surface area contributed by atoms with E-state index >= 15 is 0 Å². The maximum absolute atomic E-state index is 12.1. The smallest absolute Gasteiger partial charge is 0.256 e. The van der Waals surface area contributed by atoms with Crippen molar-refractivity contribution in [1.29, 1.82) is 0 Å². The molecule has 0 spiro atoms. The first-order valence-electron chi connectivity index (χ1n) is 5.90. The predicted octanol–water partition coefficient (Wildman–Crippen LogP) is 3.03. The number of aromatic nitrogens is 2. The maximum atomic E-state index is 12.1. The lowest BCUT2D eigenvalue weighted by Gasteiger charge is -2.05. The van der Waals surface area contributed by atoms with E-state index in [1.165, 1.54) is 0 Å². The molecule has 1 aromatic carbocycles. The fourth-order valence-corrected chi connectivity index (χ4v) is 2.25. The zero-order valence-electron chi connectivity index (χ0n) is 11.1. The summed E-state index contributed by atoms with van der Waals surface area (Å²) in [5.41, 5.74) is 1.30. The summed E-state index contributed by atoms with van der Waals surface area (Å²) in [5.74, 6) is 0.153. The summed E-state index contributed by atoms with van der Waals surface area (Å²) in [6.07, 6.45) is 0. The SMILES string of the molecule is CN(C)Cc1cc(NC(=O)c2cc(Cl)cc(Cl)c2)n[nH]1. The molecule has 0 unspecified atom stereocenters. The van der Waals surface area contributed by atoms with Gasteiger partial charge in [0, 0.05) is 28.2 Å². The molecule has 2 rings (SSSR count). The molecule has 2 aromatic rings. The minimum atomic E-state index is -0.308. The van der Waals surface area contributed by atoms with Crippen molar-refractivity contribution >= 4 is 34.9 Å². The molecule has 0 atom stereocenters. The van der Waals surface area contributed by atoms with Crippen LogP contribution in [-0.4, -0.2) is 35.1 Å². The maximum Gasteiger partial charge on any atom is 0.256 e. The molecule has 106 valence electrons. The van der Waals surface area contributed by atoms with Crippen LogP contribution in [0.3, 0.4) is 0 Å². The van der Waals surface area contributed by atoms with Gasteiger partial charge >= 0.3 is 0 Å². The number of H-pyrrole nitrogens is 1. The van der Waals surface area contributed by atoms with Crippen LogP contribution in [0, 0.1) is 0 Å². The standard InChI is InChI=1S/C13H14Cl2N4O/c1-19(2)7-11-6-12(18-17-11)16-13(20)8-3-9(14)5-10(15)4-8/h3-6H,7H2,1-2H3,(H2,16,17,18,20). The van der Waals surface area contributed by atoms with Crippen LogP contribution in [0.25, 0.3) is 0 Å². The van der Waals surface area contributed by atoms with Gasteiger partial charge in [-0.2, -0.15) is 5.10 Å². The third kappa shape index (κ3) is 3.96. The molecule has 0 aliphatic rings. The van der Waals surface area contributed by atoms with E-state index in [9.17, 15) is 4.79 Å². The number of hydrogen-bond donors (Lipinski definition) is 2. The van der Waals surface area contributed by atoms with Crippen molar-refractivity contribution in [3.8, 4) is 0 Å². The highest BCUT2D eigenvalue weighted by molar-refractivity contribution is 6.35. The van der Waals surface area contributed by atoms with Gasteiger partial charge in [0.15, 0.2) is 5.82 Å². The van der Waals surface area contributed by atoms with Crippen molar-refractivity contribution in [2.24, 2.45) is 0 Å². The average molecular weight is 313 g/mol. The molecule has 1 aromatic heterocycles. The van der Waals surface area contributed by atoms with Gasteiger partial charge in [0.2, 0.25) is 0 Å². The number of aromatic amines is 1. The van der Waals surface area contributed by atoms with E-state index in [1.807, 2.05) is 19.0 Å². The van der Waals surface area contributed by atoms with Crippen molar-refractivity contribution in [2.45, 2.75) is 6.54 Å². The Kier molecular flexibility index (Phi) is 4.65. The minimum Gasteiger partial charge on any atom is -0.305 e. The summed E-state index contributed by atoms with van der Waals surface area (Å²) in [4.78, 5) is 14.1. The number of nitrogens with zero attached hydrogens (tertiary/aromatic N) is 2. The number of amides is 1. The second-order valence-electron chi connectivity index (χ2n) is 4.63. The Labute approximate surface area is 126 Å². The predicted molar refractivity (Wildman–Crippen MR) is 80.4 cm³/mol. The molecule has 0 aliphatic heterocycles. The number of benzene rings is 1. The van der Waals surface area contributed by atoms with Gasteiger partial charge < -0.3 is 10.2 Å². The molecular weight excluding hydrogens is 299 g/mol. The third-order valence-electron chi connectivity index (χ3n) is 2.48. The van der Waals surface area contributed by atoms with Gasteiger partial charge in [0.05, 0.1) is 5.69 Å². The first-order chi connectivity index (χ1) is 9.44. The zero-order chi connectivity index (χ0) is 14.7. The van der Waals surface area contributed by atoms with Gasteiger partial charge in [-0.1, -0.05) is 23.2 Å². The Morgan fingerprint density at radius 3 is 2.50 bits per heavy atom. The number of hydrogen-bond acceptors (Lipinski definition) is 3. The van der Waals surface area contributed by atoms with Crippen molar-refractivity contribution in [3.05, 3.63) is 45.6 Å². The van der Waals surface area contributed by atoms with Gasteiger partial charge in [-0.25, -0.2) is 0 Å². The van der Waals surface area contributed by atoms with E-state index in [4.69, 9.17) is 23.2 Å². The van der Waals surface area contributed by atoms with Crippen LogP contribution >= 0.6 is 23.2 Å². The quantitative estimate of drug-likeness (QED) is 0.912. The Morgan fingerprint density at radius 1 is 1.25 bits per heavy atom. The fourth-order valence-electron chi connectivity index (χ4n) is 1.72. The van der Waals surface area contributed by atoms with Crippen LogP contribution < -0.4 is 5.32 Å². The van der Waals surface area contributed by atoms with Crippen molar-refractivity contribution in [2.75, 3.05) is 19.4 Å². The van der Waals surface area contributed by atoms with Crippen LogP contribution in [0.5, 0.6) is 0 Å². The van der Waals surface area contributed by atoms with Gasteiger partial charge in [0.25, 0.3) is 5.91 Å². The summed E-state index contributed by atoms with van der Waals surface area (Å²) in [7, 11) is 3.90. The van der Waals surface area contributed by atoms with Gasteiger partial charge in [-0.05, 0) is 32.3 Å². The topological polar surface area (TPSA) is 61.0 Å². The van der Waals surface area contributed by atoms with E-state index in [1.54, 1.807) is 24.3 Å². The lowest BCUT2D eigenvalue weighted by atomic mass is 10.2. The molecule has 1 heterocycles. The molecule has 0 radical (unpaired) electrons. The van der Waals surface area contributed by atoms with Crippen LogP contribution in [0.2, 0.25) is 10.0 Å². The highest BCUT2D eigenvalue weighted by atomic mass is 35.5. The van der Waals surface area contributed by atoms with Gasteiger partial charge in [-0.15, -0.1) is 0 Å². The Morgan fingerprint density at radius 2 is 1.90 bits per heavy atom.